The van der Waals surface area contributed by atoms with Crippen molar-refractivity contribution >= 4 is 20.0 Å². The lowest BCUT2D eigenvalue weighted by Gasteiger charge is -2.40. The first-order chi connectivity index (χ1) is 13.5. The number of benzene rings is 1. The molecule has 0 radical (unpaired) electrons. The Labute approximate surface area is 173 Å². The molecule has 1 aromatic rings. The van der Waals surface area contributed by atoms with Crippen molar-refractivity contribution in [2.45, 2.75) is 51.4 Å². The van der Waals surface area contributed by atoms with Crippen LogP contribution < -0.4 is 0 Å². The van der Waals surface area contributed by atoms with Crippen LogP contribution in [0.2, 0.25) is 13.1 Å². The van der Waals surface area contributed by atoms with Crippen LogP contribution in [0.4, 0.5) is 0 Å². The minimum atomic E-state index is -2.06. The van der Waals surface area contributed by atoms with Crippen LogP contribution in [-0.4, -0.2) is 39.8 Å². The maximum Gasteiger partial charge on any atom is 0.327 e. The molecule has 6 heteroatoms. The molecular formula is C23H30O5Si. The van der Waals surface area contributed by atoms with Crippen molar-refractivity contribution in [3.05, 3.63) is 58.5 Å². The third-order valence-corrected chi connectivity index (χ3v) is 8.66. The van der Waals surface area contributed by atoms with Crippen LogP contribution in [0.5, 0.6) is 0 Å². The van der Waals surface area contributed by atoms with Crippen molar-refractivity contribution in [1.82, 2.24) is 0 Å². The number of esters is 2. The highest BCUT2D eigenvalue weighted by Gasteiger charge is 2.55. The Kier molecular flexibility index (Phi) is 5.51. The van der Waals surface area contributed by atoms with E-state index in [-0.39, 0.29) is 6.42 Å². The zero-order chi connectivity index (χ0) is 21.4. The zero-order valence-electron chi connectivity index (χ0n) is 18.1. The van der Waals surface area contributed by atoms with E-state index in [4.69, 9.17) is 14.2 Å². The molecule has 0 saturated heterocycles. The molecule has 156 valence electrons. The molecule has 29 heavy (non-hydrogen) atoms. The van der Waals surface area contributed by atoms with E-state index in [1.807, 2.05) is 32.0 Å². The van der Waals surface area contributed by atoms with Crippen molar-refractivity contribution in [2.24, 2.45) is 5.41 Å². The van der Waals surface area contributed by atoms with Gasteiger partial charge in [-0.05, 0) is 31.0 Å². The second-order valence-electron chi connectivity index (χ2n) is 9.19. The fourth-order valence-electron chi connectivity index (χ4n) is 4.49. The van der Waals surface area contributed by atoms with Gasteiger partial charge in [-0.3, -0.25) is 9.59 Å². The average Bonchev–Trinajstić information content (AvgIpc) is 3.05. The molecule has 2 aliphatic rings. The Hall–Kier alpha value is -2.34. The first kappa shape index (κ1) is 21.4. The van der Waals surface area contributed by atoms with Gasteiger partial charge in [-0.2, -0.15) is 0 Å². The predicted octanol–water partition coefficient (Wildman–Crippen LogP) is 4.13. The van der Waals surface area contributed by atoms with Crippen molar-refractivity contribution in [1.29, 1.82) is 0 Å². The largest absolute Gasteiger partial charge is 0.497 e. The van der Waals surface area contributed by atoms with E-state index in [0.29, 0.717) is 6.42 Å². The summed E-state index contributed by atoms with van der Waals surface area (Å²) >= 11 is 0. The van der Waals surface area contributed by atoms with Crippen molar-refractivity contribution < 1.29 is 23.8 Å². The molecule has 1 heterocycles. The summed E-state index contributed by atoms with van der Waals surface area (Å²) in [6, 6.07) is 11.3. The van der Waals surface area contributed by atoms with Crippen LogP contribution in [0.15, 0.2) is 52.9 Å². The highest BCUT2D eigenvalue weighted by atomic mass is 28.3. The Bertz CT molecular complexity index is 864. The highest BCUT2D eigenvalue weighted by Crippen LogP contribution is 2.51. The molecule has 3 rings (SSSR count). The molecular weight excluding hydrogens is 384 g/mol. The van der Waals surface area contributed by atoms with Crippen molar-refractivity contribution in [2.75, 3.05) is 14.2 Å². The van der Waals surface area contributed by atoms with Crippen molar-refractivity contribution in [3.63, 3.8) is 0 Å². The van der Waals surface area contributed by atoms with Gasteiger partial charge >= 0.3 is 11.9 Å². The highest BCUT2D eigenvalue weighted by molar-refractivity contribution is 6.83. The maximum atomic E-state index is 12.7. The summed E-state index contributed by atoms with van der Waals surface area (Å²) in [7, 11) is 0.548. The quantitative estimate of drug-likeness (QED) is 0.412. The molecule has 1 aliphatic heterocycles. The van der Waals surface area contributed by atoms with Gasteiger partial charge in [0.2, 0.25) is 0 Å². The van der Waals surface area contributed by atoms with Gasteiger partial charge in [0.05, 0.1) is 19.6 Å². The fourth-order valence-corrected chi connectivity index (χ4v) is 7.52. The van der Waals surface area contributed by atoms with Gasteiger partial charge < -0.3 is 14.2 Å². The van der Waals surface area contributed by atoms with Crippen LogP contribution in [0, 0.1) is 5.41 Å². The van der Waals surface area contributed by atoms with E-state index in [9.17, 15) is 9.59 Å². The molecule has 0 spiro atoms. The lowest BCUT2D eigenvalue weighted by Crippen LogP contribution is -2.42. The summed E-state index contributed by atoms with van der Waals surface area (Å²) in [5, 5.41) is 0.971. The van der Waals surface area contributed by atoms with E-state index in [1.54, 1.807) is 6.08 Å². The average molecular weight is 415 g/mol. The summed E-state index contributed by atoms with van der Waals surface area (Å²) in [5.41, 5.74) is 1.40. The third-order valence-electron chi connectivity index (χ3n) is 5.74. The van der Waals surface area contributed by atoms with Crippen LogP contribution in [0.1, 0.15) is 32.3 Å². The number of hydrogen-bond acceptors (Lipinski definition) is 5. The molecule has 0 amide bonds. The summed E-state index contributed by atoms with van der Waals surface area (Å²) in [4.78, 5) is 25.3. The van der Waals surface area contributed by atoms with Crippen LogP contribution in [-0.2, 0) is 29.8 Å². The summed E-state index contributed by atoms with van der Waals surface area (Å²) < 4.78 is 16.5. The Morgan fingerprint density at radius 2 is 1.62 bits per heavy atom. The minimum absolute atomic E-state index is 0.234. The maximum absolute atomic E-state index is 12.7. The SMILES string of the molecule is COC(=O)C1(C(=O)OC)C=C2CC(C)(C)OC([Si](C)(C)Cc3ccccc3)=C2C1. The topological polar surface area (TPSA) is 61.8 Å². The molecule has 0 atom stereocenters. The summed E-state index contributed by atoms with van der Waals surface area (Å²) in [6.07, 6.45) is 2.63. The standard InChI is InChI=1S/C23H30O5Si/c1-22(2)12-17-13-23(20(24)26-3,21(25)27-4)14-18(17)19(28-22)29(5,6)15-16-10-8-7-9-11-16/h7-11,13H,12,14-15H2,1-6H3. The second-order valence-corrected chi connectivity index (χ2v) is 13.8. The summed E-state index contributed by atoms with van der Waals surface area (Å²) in [6.45, 7) is 8.65. The lowest BCUT2D eigenvalue weighted by molar-refractivity contribution is -0.164. The molecule has 0 N–H and O–H groups in total. The molecule has 0 unspecified atom stereocenters. The number of ether oxygens (including phenoxy) is 3. The van der Waals surface area contributed by atoms with E-state index in [1.165, 1.54) is 19.8 Å². The molecule has 0 saturated carbocycles. The third kappa shape index (κ3) is 3.90. The molecule has 5 nitrogen and oxygen atoms in total. The monoisotopic (exact) mass is 414 g/mol. The van der Waals surface area contributed by atoms with Gasteiger partial charge in [0.15, 0.2) is 5.41 Å². The Balaban J connectivity index is 2.10. The van der Waals surface area contributed by atoms with E-state index < -0.39 is 31.0 Å². The Morgan fingerprint density at radius 3 is 2.17 bits per heavy atom. The molecule has 1 aliphatic carbocycles. The number of methoxy groups -OCH3 is 2. The first-order valence-electron chi connectivity index (χ1n) is 9.90. The molecule has 0 fully saturated rings. The van der Waals surface area contributed by atoms with Crippen LogP contribution in [0.25, 0.3) is 0 Å². The second kappa shape index (κ2) is 7.48. The number of allylic oxidation sites excluding steroid dienone is 1. The predicted molar refractivity (Wildman–Crippen MR) is 114 cm³/mol. The van der Waals surface area contributed by atoms with E-state index in [2.05, 4.69) is 25.2 Å². The van der Waals surface area contributed by atoms with Crippen molar-refractivity contribution in [3.8, 4) is 0 Å². The Morgan fingerprint density at radius 1 is 1.03 bits per heavy atom. The normalized spacial score (nSPS) is 19.7. The smallest absolute Gasteiger partial charge is 0.327 e. The number of carbonyl (C=O) groups is 2. The summed E-state index contributed by atoms with van der Waals surface area (Å²) in [5.74, 6) is -1.17. The van der Waals surface area contributed by atoms with Gasteiger partial charge in [0.1, 0.15) is 13.7 Å². The van der Waals surface area contributed by atoms with E-state index >= 15 is 0 Å². The first-order valence-corrected chi connectivity index (χ1v) is 13.1. The van der Waals surface area contributed by atoms with Crippen LogP contribution in [0.3, 0.4) is 0 Å². The van der Waals surface area contributed by atoms with Gasteiger partial charge in [0.25, 0.3) is 0 Å². The number of hydrogen-bond donors (Lipinski definition) is 0. The number of fused-ring (bicyclic) bond motifs is 1. The van der Waals surface area contributed by atoms with Gasteiger partial charge in [-0.25, -0.2) is 0 Å². The zero-order valence-corrected chi connectivity index (χ0v) is 19.1. The lowest BCUT2D eigenvalue weighted by atomic mass is 9.87. The van der Waals surface area contributed by atoms with Gasteiger partial charge in [-0.1, -0.05) is 55.1 Å². The van der Waals surface area contributed by atoms with Gasteiger partial charge in [-0.15, -0.1) is 0 Å². The minimum Gasteiger partial charge on any atom is -0.497 e. The number of rotatable bonds is 5. The molecule has 0 bridgehead atoms. The van der Waals surface area contributed by atoms with E-state index in [0.717, 1.165) is 22.6 Å². The molecule has 0 aromatic heterocycles. The molecule has 1 aromatic carbocycles. The number of carbonyl (C=O) groups excluding carboxylic acids is 2. The van der Waals surface area contributed by atoms with Crippen LogP contribution >= 0.6 is 0 Å². The fraction of sp³-hybridized carbons (Fsp3) is 0.478. The van der Waals surface area contributed by atoms with Gasteiger partial charge in [0, 0.05) is 12.8 Å².